The van der Waals surface area contributed by atoms with Crippen LogP contribution < -0.4 is 5.73 Å². The van der Waals surface area contributed by atoms with Crippen molar-refractivity contribution in [2.24, 2.45) is 5.73 Å². The van der Waals surface area contributed by atoms with Crippen LogP contribution in [0.15, 0.2) is 51.6 Å². The molecule has 0 atom stereocenters. The van der Waals surface area contributed by atoms with E-state index in [0.717, 1.165) is 0 Å². The number of nitrogens with zero attached hydrogens (tertiary/aromatic N) is 3. The smallest absolute Gasteiger partial charge is 0.153 e. The van der Waals surface area contributed by atoms with Crippen molar-refractivity contribution >= 4 is 29.3 Å². The zero-order chi connectivity index (χ0) is 17.7. The summed E-state index contributed by atoms with van der Waals surface area (Å²) < 4.78 is 5.62. The fourth-order valence-corrected chi connectivity index (χ4v) is 2.26. The highest BCUT2D eigenvalue weighted by Gasteiger charge is 2.12. The van der Waals surface area contributed by atoms with Crippen LogP contribution in [-0.4, -0.2) is 0 Å². The van der Waals surface area contributed by atoms with Crippen molar-refractivity contribution in [3.05, 3.63) is 63.0 Å². The summed E-state index contributed by atoms with van der Waals surface area (Å²) in [5.41, 5.74) is 5.67. The molecule has 0 aliphatic heterocycles. The summed E-state index contributed by atoms with van der Waals surface area (Å²) in [6, 6.07) is 13.5. The van der Waals surface area contributed by atoms with E-state index < -0.39 is 0 Å². The van der Waals surface area contributed by atoms with E-state index in [0.29, 0.717) is 27.1 Å². The highest BCUT2D eigenvalue weighted by Crippen LogP contribution is 2.34. The van der Waals surface area contributed by atoms with Crippen molar-refractivity contribution in [2.45, 2.75) is 0 Å². The van der Waals surface area contributed by atoms with E-state index >= 15 is 0 Å². The molecule has 0 aliphatic carbocycles. The summed E-state index contributed by atoms with van der Waals surface area (Å²) in [5, 5.41) is 27.5. The van der Waals surface area contributed by atoms with Gasteiger partial charge in [0.05, 0.1) is 21.3 Å². The lowest BCUT2D eigenvalue weighted by Crippen LogP contribution is -2.03. The van der Waals surface area contributed by atoms with Crippen LogP contribution in [0.2, 0.25) is 10.0 Å². The van der Waals surface area contributed by atoms with E-state index in [1.807, 2.05) is 6.07 Å². The molecule has 0 bridgehead atoms. The van der Waals surface area contributed by atoms with E-state index in [9.17, 15) is 5.26 Å². The first kappa shape index (κ1) is 17.2. The summed E-state index contributed by atoms with van der Waals surface area (Å²) in [7, 11) is 0. The van der Waals surface area contributed by atoms with Gasteiger partial charge in [0.2, 0.25) is 0 Å². The topological polar surface area (TPSA) is 111 Å². The van der Waals surface area contributed by atoms with Gasteiger partial charge in [-0.05, 0) is 24.3 Å². The molecule has 0 saturated carbocycles. The van der Waals surface area contributed by atoms with Gasteiger partial charge in [-0.25, -0.2) is 0 Å². The zero-order valence-corrected chi connectivity index (χ0v) is 13.6. The summed E-state index contributed by atoms with van der Waals surface area (Å²) >= 11 is 12.1. The number of nitriles is 3. The zero-order valence-electron chi connectivity index (χ0n) is 12.0. The first-order valence-corrected chi connectivity index (χ1v) is 7.23. The Morgan fingerprint density at radius 1 is 1.04 bits per heavy atom. The van der Waals surface area contributed by atoms with Gasteiger partial charge in [0.15, 0.2) is 5.57 Å². The van der Waals surface area contributed by atoms with Gasteiger partial charge in [-0.1, -0.05) is 29.3 Å². The Morgan fingerprint density at radius 3 is 2.38 bits per heavy atom. The molecule has 5 nitrogen and oxygen atoms in total. The fourth-order valence-electron chi connectivity index (χ4n) is 1.86. The molecular weight excluding hydrogens is 347 g/mol. The SMILES string of the molecule is N#CC(=Cc1ccc(-c2cccc(Cl)c2Cl)o1)C(N)=C(C#N)C#N. The van der Waals surface area contributed by atoms with E-state index in [-0.39, 0.29) is 16.8 Å². The predicted molar refractivity (Wildman–Crippen MR) is 90.2 cm³/mol. The highest BCUT2D eigenvalue weighted by molar-refractivity contribution is 6.43. The first-order valence-electron chi connectivity index (χ1n) is 6.48. The van der Waals surface area contributed by atoms with Crippen LogP contribution in [0.3, 0.4) is 0 Å². The van der Waals surface area contributed by atoms with Crippen molar-refractivity contribution in [1.82, 2.24) is 0 Å². The summed E-state index contributed by atoms with van der Waals surface area (Å²) in [6.45, 7) is 0. The molecule has 0 saturated heterocycles. The quantitative estimate of drug-likeness (QED) is 0.647. The molecule has 0 aliphatic rings. The van der Waals surface area contributed by atoms with Crippen LogP contribution in [0.25, 0.3) is 17.4 Å². The maximum atomic E-state index is 9.17. The molecule has 2 aromatic rings. The lowest BCUT2D eigenvalue weighted by molar-refractivity contribution is 0.571. The van der Waals surface area contributed by atoms with Crippen molar-refractivity contribution in [3.8, 4) is 29.5 Å². The summed E-state index contributed by atoms with van der Waals surface area (Å²) in [4.78, 5) is 0. The number of benzene rings is 1. The molecule has 1 heterocycles. The van der Waals surface area contributed by atoms with E-state index in [1.54, 1.807) is 42.5 Å². The second-order valence-corrected chi connectivity index (χ2v) is 5.27. The van der Waals surface area contributed by atoms with Crippen molar-refractivity contribution in [1.29, 1.82) is 15.8 Å². The monoisotopic (exact) mass is 354 g/mol. The lowest BCUT2D eigenvalue weighted by Gasteiger charge is -2.02. The number of furan rings is 1. The number of halogens is 2. The van der Waals surface area contributed by atoms with Gasteiger partial charge in [0, 0.05) is 11.6 Å². The minimum Gasteiger partial charge on any atom is -0.457 e. The maximum absolute atomic E-state index is 9.17. The minimum absolute atomic E-state index is 0.0498. The van der Waals surface area contributed by atoms with Gasteiger partial charge in [0.1, 0.15) is 29.7 Å². The van der Waals surface area contributed by atoms with Gasteiger partial charge < -0.3 is 10.2 Å². The number of nitrogens with two attached hydrogens (primary N) is 1. The molecule has 116 valence electrons. The molecule has 0 spiro atoms. The second-order valence-electron chi connectivity index (χ2n) is 4.49. The molecule has 2 rings (SSSR count). The van der Waals surface area contributed by atoms with Crippen LogP contribution in [0.5, 0.6) is 0 Å². The molecule has 1 aromatic heterocycles. The molecule has 0 radical (unpaired) electrons. The Kier molecular flexibility index (Phi) is 5.30. The van der Waals surface area contributed by atoms with Crippen LogP contribution in [0.4, 0.5) is 0 Å². The third-order valence-corrected chi connectivity index (χ3v) is 3.85. The van der Waals surface area contributed by atoms with Crippen molar-refractivity contribution < 1.29 is 4.42 Å². The standard InChI is InChI=1S/C17H8Cl2N4O/c18-14-3-1-2-13(16(14)19)15-5-4-12(24-15)6-10(7-20)17(23)11(8-21)9-22/h1-6H,23H2. The Labute approximate surface area is 148 Å². The molecule has 0 amide bonds. The van der Waals surface area contributed by atoms with Crippen molar-refractivity contribution in [3.63, 3.8) is 0 Å². The molecule has 0 fully saturated rings. The van der Waals surface area contributed by atoms with Gasteiger partial charge in [0.25, 0.3) is 0 Å². The maximum Gasteiger partial charge on any atom is 0.153 e. The molecule has 24 heavy (non-hydrogen) atoms. The Balaban J connectivity index is 2.47. The van der Waals surface area contributed by atoms with Crippen molar-refractivity contribution in [2.75, 3.05) is 0 Å². The van der Waals surface area contributed by atoms with Gasteiger partial charge in [-0.2, -0.15) is 15.8 Å². The van der Waals surface area contributed by atoms with Gasteiger partial charge in [-0.15, -0.1) is 0 Å². The van der Waals surface area contributed by atoms with Crippen LogP contribution in [0.1, 0.15) is 5.76 Å². The normalized spacial score (nSPS) is 10.4. The third-order valence-electron chi connectivity index (χ3n) is 3.03. The van der Waals surface area contributed by atoms with Gasteiger partial charge in [-0.3, -0.25) is 0 Å². The Morgan fingerprint density at radius 2 is 1.75 bits per heavy atom. The van der Waals surface area contributed by atoms with Crippen LogP contribution in [0, 0.1) is 34.0 Å². The number of allylic oxidation sites excluding steroid dienone is 2. The van der Waals surface area contributed by atoms with E-state index in [2.05, 4.69) is 0 Å². The predicted octanol–water partition coefficient (Wildman–Crippen LogP) is 4.42. The lowest BCUT2D eigenvalue weighted by atomic mass is 10.1. The number of rotatable bonds is 3. The number of hydrogen-bond donors (Lipinski definition) is 1. The average Bonchev–Trinajstić information content (AvgIpc) is 3.04. The summed E-state index contributed by atoms with van der Waals surface area (Å²) in [6.07, 6.45) is 1.34. The Bertz CT molecular complexity index is 965. The minimum atomic E-state index is -0.340. The number of hydrogen-bond acceptors (Lipinski definition) is 5. The average molecular weight is 355 g/mol. The van der Waals surface area contributed by atoms with Crippen LogP contribution in [-0.2, 0) is 0 Å². The molecule has 2 N–H and O–H groups in total. The molecule has 1 aromatic carbocycles. The fraction of sp³-hybridized carbons (Fsp3) is 0. The van der Waals surface area contributed by atoms with E-state index in [1.165, 1.54) is 6.08 Å². The molecule has 7 heteroatoms. The molecule has 0 unspecified atom stereocenters. The van der Waals surface area contributed by atoms with Crippen LogP contribution >= 0.6 is 23.2 Å². The largest absolute Gasteiger partial charge is 0.457 e. The van der Waals surface area contributed by atoms with E-state index in [4.69, 9.17) is 43.9 Å². The Hall–Kier alpha value is -3.17. The third kappa shape index (κ3) is 3.42. The summed E-state index contributed by atoms with van der Waals surface area (Å²) in [5.74, 6) is 0.769. The first-order chi connectivity index (χ1) is 11.5. The highest BCUT2D eigenvalue weighted by atomic mass is 35.5. The van der Waals surface area contributed by atoms with Gasteiger partial charge >= 0.3 is 0 Å². The molecular formula is C17H8Cl2N4O. The second kappa shape index (κ2) is 7.40.